The summed E-state index contributed by atoms with van der Waals surface area (Å²) in [6, 6.07) is 30.2. The van der Waals surface area contributed by atoms with Crippen molar-refractivity contribution in [3.05, 3.63) is 176 Å². The first-order valence-corrected chi connectivity index (χ1v) is 16.9. The molecule has 14 nitrogen and oxygen atoms in total. The molecule has 4 aromatic carbocycles. The first kappa shape index (κ1) is 35.5. The van der Waals surface area contributed by atoms with E-state index in [1.165, 1.54) is 54.7 Å². The molecule has 7 rings (SSSR count). The van der Waals surface area contributed by atoms with Crippen molar-refractivity contribution in [2.45, 2.75) is 31.0 Å². The summed E-state index contributed by atoms with van der Waals surface area (Å²) in [4.78, 5) is 96.2. The number of ether oxygens (including phenoxy) is 4. The lowest BCUT2D eigenvalue weighted by molar-refractivity contribution is -0.213. The molecule has 0 radical (unpaired) electrons. The van der Waals surface area contributed by atoms with Crippen LogP contribution in [0.2, 0.25) is 0 Å². The molecule has 0 aliphatic carbocycles. The molecule has 5 aromatic rings. The van der Waals surface area contributed by atoms with Crippen molar-refractivity contribution in [2.75, 3.05) is 13.2 Å². The molecule has 14 heteroatoms. The monoisotopic (exact) mass is 729 g/mol. The number of amides is 2. The number of benzene rings is 4. The van der Waals surface area contributed by atoms with Crippen LogP contribution in [0.1, 0.15) is 63.6 Å². The molecular formula is C40H31N3O11. The van der Waals surface area contributed by atoms with Gasteiger partial charge < -0.3 is 18.9 Å². The fraction of sp³-hybridized carbons (Fsp3) is 0.175. The summed E-state index contributed by atoms with van der Waals surface area (Å²) < 4.78 is 24.8. The van der Waals surface area contributed by atoms with Gasteiger partial charge >= 0.3 is 23.6 Å². The number of carbonyl (C=O) groups is 5. The van der Waals surface area contributed by atoms with E-state index < -0.39 is 72.1 Å². The highest BCUT2D eigenvalue weighted by atomic mass is 16.6. The van der Waals surface area contributed by atoms with Crippen LogP contribution in [0, 0.1) is 0 Å². The minimum Gasteiger partial charge on any atom is -0.452 e. The molecule has 0 unspecified atom stereocenters. The van der Waals surface area contributed by atoms with Gasteiger partial charge in [-0.1, -0.05) is 66.7 Å². The summed E-state index contributed by atoms with van der Waals surface area (Å²) in [5, 5.41) is 0. The number of imide groups is 1. The van der Waals surface area contributed by atoms with Gasteiger partial charge in [0.2, 0.25) is 0 Å². The predicted molar refractivity (Wildman–Crippen MR) is 189 cm³/mol. The SMILES string of the molecule is O=C(O[C@@H]1[C@H](OC(=O)c2ccccc2)[C@H](OC(=O)c2ccccc2)CO[C@H]1n1cc(CCN2C(=O)c3ccccc3C2=O)c(=O)[nH]c1=O)c1ccccc1. The smallest absolute Gasteiger partial charge is 0.338 e. The summed E-state index contributed by atoms with van der Waals surface area (Å²) in [6.07, 6.45) is -5.06. The number of carbonyl (C=O) groups excluding carboxylic acids is 5. The van der Waals surface area contributed by atoms with E-state index in [-0.39, 0.29) is 46.3 Å². The van der Waals surface area contributed by atoms with E-state index in [2.05, 4.69) is 4.98 Å². The predicted octanol–water partition coefficient (Wildman–Crippen LogP) is 3.58. The Labute approximate surface area is 306 Å². The lowest BCUT2D eigenvalue weighted by atomic mass is 10.0. The van der Waals surface area contributed by atoms with Crippen molar-refractivity contribution < 1.29 is 42.9 Å². The van der Waals surface area contributed by atoms with E-state index in [4.69, 9.17) is 18.9 Å². The number of hydrogen-bond acceptors (Lipinski definition) is 11. The number of nitrogens with one attached hydrogen (secondary N) is 1. The molecule has 1 aromatic heterocycles. The number of fused-ring (bicyclic) bond motifs is 1. The molecular weight excluding hydrogens is 698 g/mol. The van der Waals surface area contributed by atoms with Crippen molar-refractivity contribution in [3.63, 3.8) is 0 Å². The van der Waals surface area contributed by atoms with Gasteiger partial charge in [0.1, 0.15) is 0 Å². The normalized spacial score (nSPS) is 19.1. The van der Waals surface area contributed by atoms with Crippen LogP contribution >= 0.6 is 0 Å². The first-order chi connectivity index (χ1) is 26.2. The van der Waals surface area contributed by atoms with Gasteiger partial charge in [0.05, 0.1) is 34.4 Å². The number of esters is 3. The molecule has 4 atom stereocenters. The van der Waals surface area contributed by atoms with Crippen molar-refractivity contribution in [1.29, 1.82) is 0 Å². The van der Waals surface area contributed by atoms with Gasteiger partial charge in [0.25, 0.3) is 17.4 Å². The number of nitrogens with zero attached hydrogens (tertiary/aromatic N) is 2. The van der Waals surface area contributed by atoms with Crippen LogP contribution in [0.5, 0.6) is 0 Å². The second-order valence-corrected chi connectivity index (χ2v) is 12.4. The average molecular weight is 730 g/mol. The van der Waals surface area contributed by atoms with Gasteiger partial charge in [0, 0.05) is 18.3 Å². The number of aromatic nitrogens is 2. The zero-order chi connectivity index (χ0) is 37.8. The summed E-state index contributed by atoms with van der Waals surface area (Å²) in [7, 11) is 0. The maximum atomic E-state index is 13.6. The minimum absolute atomic E-state index is 0.0154. The van der Waals surface area contributed by atoms with Crippen LogP contribution < -0.4 is 11.2 Å². The van der Waals surface area contributed by atoms with Gasteiger partial charge in [0.15, 0.2) is 24.5 Å². The highest BCUT2D eigenvalue weighted by Crippen LogP contribution is 2.32. The standard InChI is InChI=1S/C40H31N3O11/c44-33-27(20-21-42-34(45)28-18-10-11-19-29(28)35(42)46)22-43(40(50)41-33)36-32(54-39(49)26-16-8-3-9-17-26)31(53-38(48)25-14-6-2-7-15-25)30(23-51-36)52-37(47)24-12-4-1-5-13-24/h1-19,22,30-32,36H,20-21,23H2,(H,41,44,50)/t30-,31-,32-,36-/m1/s1. The average Bonchev–Trinajstić information content (AvgIpc) is 3.44. The summed E-state index contributed by atoms with van der Waals surface area (Å²) in [5.74, 6) is -3.56. The maximum Gasteiger partial charge on any atom is 0.338 e. The Balaban J connectivity index is 1.24. The zero-order valence-corrected chi connectivity index (χ0v) is 28.4. The van der Waals surface area contributed by atoms with E-state index in [0.717, 1.165) is 9.47 Å². The third-order valence-electron chi connectivity index (χ3n) is 8.97. The summed E-state index contributed by atoms with van der Waals surface area (Å²) in [5.41, 5.74) is -0.867. The summed E-state index contributed by atoms with van der Waals surface area (Å²) in [6.45, 7) is -0.633. The van der Waals surface area contributed by atoms with Crippen LogP contribution in [-0.4, -0.2) is 75.6 Å². The first-order valence-electron chi connectivity index (χ1n) is 16.9. The van der Waals surface area contributed by atoms with Crippen molar-refractivity contribution in [3.8, 4) is 0 Å². The minimum atomic E-state index is -1.64. The van der Waals surface area contributed by atoms with Gasteiger partial charge in [-0.15, -0.1) is 0 Å². The van der Waals surface area contributed by atoms with Crippen molar-refractivity contribution >= 4 is 29.7 Å². The number of hydrogen-bond donors (Lipinski definition) is 1. The van der Waals surface area contributed by atoms with Crippen molar-refractivity contribution in [1.82, 2.24) is 14.5 Å². The third-order valence-corrected chi connectivity index (χ3v) is 8.97. The van der Waals surface area contributed by atoms with E-state index >= 15 is 0 Å². The maximum absolute atomic E-state index is 13.6. The lowest BCUT2D eigenvalue weighted by Gasteiger charge is -2.41. The fourth-order valence-corrected chi connectivity index (χ4v) is 6.25. The highest BCUT2D eigenvalue weighted by Gasteiger charge is 2.49. The molecule has 0 bridgehead atoms. The molecule has 272 valence electrons. The summed E-state index contributed by atoms with van der Waals surface area (Å²) >= 11 is 0. The Hall–Kier alpha value is -6.93. The quantitative estimate of drug-likeness (QED) is 0.126. The van der Waals surface area contributed by atoms with Crippen LogP contribution in [-0.2, 0) is 25.4 Å². The van der Waals surface area contributed by atoms with Crippen LogP contribution in [0.3, 0.4) is 0 Å². The third kappa shape index (κ3) is 7.22. The Kier molecular flexibility index (Phi) is 10.1. The Bertz CT molecular complexity index is 2310. The second-order valence-electron chi connectivity index (χ2n) is 12.4. The van der Waals surface area contributed by atoms with Crippen molar-refractivity contribution in [2.24, 2.45) is 0 Å². The molecule has 3 heterocycles. The molecule has 2 amide bonds. The van der Waals surface area contributed by atoms with Crippen LogP contribution in [0.4, 0.5) is 0 Å². The Morgan fingerprint density at radius 2 is 1.09 bits per heavy atom. The molecule has 1 fully saturated rings. The number of rotatable bonds is 10. The molecule has 1 saturated heterocycles. The van der Waals surface area contributed by atoms with Gasteiger partial charge in [-0.2, -0.15) is 0 Å². The molecule has 2 aliphatic rings. The Morgan fingerprint density at radius 1 is 0.630 bits per heavy atom. The van der Waals surface area contributed by atoms with E-state index in [9.17, 15) is 33.6 Å². The number of H-pyrrole nitrogens is 1. The molecule has 0 spiro atoms. The fourth-order valence-electron chi connectivity index (χ4n) is 6.25. The lowest BCUT2D eigenvalue weighted by Crippen LogP contribution is -2.57. The van der Waals surface area contributed by atoms with E-state index in [0.29, 0.717) is 0 Å². The van der Waals surface area contributed by atoms with Gasteiger partial charge in [-0.05, 0) is 55.0 Å². The van der Waals surface area contributed by atoms with Gasteiger partial charge in [-0.25, -0.2) is 19.2 Å². The van der Waals surface area contributed by atoms with E-state index in [1.807, 2.05) is 0 Å². The van der Waals surface area contributed by atoms with Crippen LogP contribution in [0.25, 0.3) is 0 Å². The number of aromatic amines is 1. The van der Waals surface area contributed by atoms with Gasteiger partial charge in [-0.3, -0.25) is 28.8 Å². The highest BCUT2D eigenvalue weighted by molar-refractivity contribution is 6.21. The second kappa shape index (κ2) is 15.4. The van der Waals surface area contributed by atoms with E-state index in [1.54, 1.807) is 66.7 Å². The zero-order valence-electron chi connectivity index (χ0n) is 28.4. The molecule has 0 saturated carbocycles. The van der Waals surface area contributed by atoms with Crippen LogP contribution in [0.15, 0.2) is 131 Å². The molecule has 54 heavy (non-hydrogen) atoms. The molecule has 2 aliphatic heterocycles. The molecule has 1 N–H and O–H groups in total. The largest absolute Gasteiger partial charge is 0.452 e. The topological polar surface area (TPSA) is 180 Å². The Morgan fingerprint density at radius 3 is 1.61 bits per heavy atom.